The van der Waals surface area contributed by atoms with E-state index >= 15 is 0 Å². The average Bonchev–Trinajstić information content (AvgIpc) is 2.38. The minimum absolute atomic E-state index is 0.0150. The second-order valence-electron chi connectivity index (χ2n) is 5.09. The number of sulfonamides is 1. The van der Waals surface area contributed by atoms with Crippen LogP contribution in [-0.4, -0.2) is 26.1 Å². The van der Waals surface area contributed by atoms with Gasteiger partial charge in [-0.05, 0) is 44.0 Å². The molecule has 0 aliphatic carbocycles. The summed E-state index contributed by atoms with van der Waals surface area (Å²) in [5.74, 6) is 0.215. The van der Waals surface area contributed by atoms with Gasteiger partial charge in [0.05, 0.1) is 5.75 Å². The van der Waals surface area contributed by atoms with Crippen LogP contribution < -0.4 is 10.0 Å². The maximum atomic E-state index is 12.0. The van der Waals surface area contributed by atoms with Crippen molar-refractivity contribution in [3.8, 4) is 0 Å². The molecule has 1 amide bonds. The van der Waals surface area contributed by atoms with Crippen molar-refractivity contribution in [2.75, 3.05) is 10.5 Å². The largest absolute Gasteiger partial charge is 0.349 e. The Morgan fingerprint density at radius 3 is 2.15 bits per heavy atom. The Kier molecular flexibility index (Phi) is 5.56. The number of benzene rings is 1. The third-order valence-corrected chi connectivity index (χ3v) is 4.47. The number of hydrogen-bond donors (Lipinski definition) is 2. The second kappa shape index (κ2) is 6.74. The quantitative estimate of drug-likeness (QED) is 0.845. The van der Waals surface area contributed by atoms with Gasteiger partial charge in [-0.2, -0.15) is 0 Å². The number of carbonyl (C=O) groups is 1. The third-order valence-electron chi connectivity index (χ3n) is 3.16. The van der Waals surface area contributed by atoms with Crippen LogP contribution in [0.15, 0.2) is 24.3 Å². The molecule has 20 heavy (non-hydrogen) atoms. The summed E-state index contributed by atoms with van der Waals surface area (Å²) >= 11 is 0. The summed E-state index contributed by atoms with van der Waals surface area (Å²) in [5, 5.41) is 2.90. The van der Waals surface area contributed by atoms with Crippen molar-refractivity contribution in [1.29, 1.82) is 0 Å². The first-order valence-corrected chi connectivity index (χ1v) is 8.32. The number of anilines is 1. The predicted octanol–water partition coefficient (Wildman–Crippen LogP) is 2.22. The van der Waals surface area contributed by atoms with E-state index in [2.05, 4.69) is 10.0 Å². The summed E-state index contributed by atoms with van der Waals surface area (Å²) in [6.45, 7) is 7.59. The van der Waals surface area contributed by atoms with Crippen molar-refractivity contribution in [1.82, 2.24) is 5.32 Å². The molecule has 0 spiro atoms. The van der Waals surface area contributed by atoms with E-state index in [9.17, 15) is 13.2 Å². The lowest BCUT2D eigenvalue weighted by Crippen LogP contribution is -2.36. The van der Waals surface area contributed by atoms with Gasteiger partial charge in [0.1, 0.15) is 0 Å². The van der Waals surface area contributed by atoms with Crippen LogP contribution >= 0.6 is 0 Å². The molecular formula is C14H22N2O3S. The molecule has 1 aromatic carbocycles. The summed E-state index contributed by atoms with van der Waals surface area (Å²) < 4.78 is 25.3. The Bertz CT molecular complexity index is 550. The van der Waals surface area contributed by atoms with Crippen molar-refractivity contribution in [2.24, 2.45) is 5.92 Å². The van der Waals surface area contributed by atoms with E-state index in [-0.39, 0.29) is 17.7 Å². The Labute approximate surface area is 120 Å². The van der Waals surface area contributed by atoms with Gasteiger partial charge < -0.3 is 5.32 Å². The molecule has 5 nitrogen and oxygen atoms in total. The van der Waals surface area contributed by atoms with E-state index in [1.807, 2.05) is 20.8 Å². The highest BCUT2D eigenvalue weighted by molar-refractivity contribution is 7.92. The highest BCUT2D eigenvalue weighted by Crippen LogP contribution is 2.12. The fourth-order valence-corrected chi connectivity index (χ4v) is 2.04. The van der Waals surface area contributed by atoms with Gasteiger partial charge in [-0.3, -0.25) is 9.52 Å². The molecule has 6 heteroatoms. The number of amides is 1. The van der Waals surface area contributed by atoms with Crippen LogP contribution in [0, 0.1) is 5.92 Å². The molecule has 0 heterocycles. The van der Waals surface area contributed by atoms with Crippen LogP contribution in [0.5, 0.6) is 0 Å². The highest BCUT2D eigenvalue weighted by atomic mass is 32.2. The number of rotatable bonds is 6. The molecule has 112 valence electrons. The second-order valence-corrected chi connectivity index (χ2v) is 7.10. The summed E-state index contributed by atoms with van der Waals surface area (Å²) in [5.41, 5.74) is 0.970. The zero-order valence-corrected chi connectivity index (χ0v) is 13.1. The zero-order valence-electron chi connectivity index (χ0n) is 12.3. The Hall–Kier alpha value is -1.56. The molecule has 1 atom stereocenters. The predicted molar refractivity (Wildman–Crippen MR) is 81.3 cm³/mol. The number of hydrogen-bond acceptors (Lipinski definition) is 3. The van der Waals surface area contributed by atoms with Gasteiger partial charge in [0.15, 0.2) is 0 Å². The van der Waals surface area contributed by atoms with E-state index in [0.29, 0.717) is 17.2 Å². The molecule has 0 aliphatic heterocycles. The summed E-state index contributed by atoms with van der Waals surface area (Å²) in [6.07, 6.45) is 0. The molecule has 0 saturated carbocycles. The molecule has 0 saturated heterocycles. The van der Waals surface area contributed by atoms with Gasteiger partial charge >= 0.3 is 0 Å². The van der Waals surface area contributed by atoms with E-state index in [4.69, 9.17) is 0 Å². The molecule has 0 bridgehead atoms. The monoisotopic (exact) mass is 298 g/mol. The Morgan fingerprint density at radius 2 is 1.70 bits per heavy atom. The maximum Gasteiger partial charge on any atom is 0.251 e. The van der Waals surface area contributed by atoms with Gasteiger partial charge in [-0.15, -0.1) is 0 Å². The van der Waals surface area contributed by atoms with Gasteiger partial charge in [0.25, 0.3) is 5.91 Å². The van der Waals surface area contributed by atoms with E-state index in [1.165, 1.54) is 0 Å². The fourth-order valence-electron chi connectivity index (χ4n) is 1.40. The first-order chi connectivity index (χ1) is 9.25. The molecule has 1 aromatic rings. The van der Waals surface area contributed by atoms with Crippen molar-refractivity contribution < 1.29 is 13.2 Å². The first-order valence-electron chi connectivity index (χ1n) is 6.66. The smallest absolute Gasteiger partial charge is 0.251 e. The van der Waals surface area contributed by atoms with Crippen LogP contribution in [0.1, 0.15) is 38.1 Å². The fraction of sp³-hybridized carbons (Fsp3) is 0.500. The van der Waals surface area contributed by atoms with Crippen LogP contribution in [0.4, 0.5) is 5.69 Å². The molecule has 0 unspecified atom stereocenters. The normalized spacial score (nSPS) is 13.1. The third kappa shape index (κ3) is 4.85. The van der Waals surface area contributed by atoms with Crippen molar-refractivity contribution >= 4 is 21.6 Å². The molecule has 0 fully saturated rings. The molecular weight excluding hydrogens is 276 g/mol. The molecule has 0 radical (unpaired) electrons. The van der Waals surface area contributed by atoms with Crippen LogP contribution in [0.2, 0.25) is 0 Å². The molecule has 2 N–H and O–H groups in total. The van der Waals surface area contributed by atoms with Crippen LogP contribution in [-0.2, 0) is 10.0 Å². The minimum atomic E-state index is -3.29. The molecule has 0 aromatic heterocycles. The summed E-state index contributed by atoms with van der Waals surface area (Å²) in [7, 11) is -3.29. The topological polar surface area (TPSA) is 75.3 Å². The SMILES string of the molecule is CCS(=O)(=O)Nc1ccc(C(=O)N[C@@H](C)C(C)C)cc1. The maximum absolute atomic E-state index is 12.0. The Morgan fingerprint density at radius 1 is 1.15 bits per heavy atom. The first kappa shape index (κ1) is 16.5. The van der Waals surface area contributed by atoms with E-state index < -0.39 is 10.0 Å². The van der Waals surface area contributed by atoms with Crippen molar-refractivity contribution in [2.45, 2.75) is 33.7 Å². The minimum Gasteiger partial charge on any atom is -0.349 e. The van der Waals surface area contributed by atoms with Crippen molar-refractivity contribution in [3.05, 3.63) is 29.8 Å². The van der Waals surface area contributed by atoms with E-state index in [1.54, 1.807) is 31.2 Å². The standard InChI is InChI=1S/C14H22N2O3S/c1-5-20(18,19)16-13-8-6-12(7-9-13)14(17)15-11(4)10(2)3/h6-11,16H,5H2,1-4H3,(H,15,17)/t11-/m0/s1. The number of carbonyl (C=O) groups excluding carboxylic acids is 1. The van der Waals surface area contributed by atoms with Gasteiger partial charge in [-0.1, -0.05) is 13.8 Å². The summed E-state index contributed by atoms with van der Waals surface area (Å²) in [4.78, 5) is 12.0. The zero-order chi connectivity index (χ0) is 15.3. The lowest BCUT2D eigenvalue weighted by molar-refractivity contribution is 0.0930. The average molecular weight is 298 g/mol. The van der Waals surface area contributed by atoms with E-state index in [0.717, 1.165) is 0 Å². The number of nitrogens with one attached hydrogen (secondary N) is 2. The van der Waals surface area contributed by atoms with Gasteiger partial charge in [0, 0.05) is 17.3 Å². The van der Waals surface area contributed by atoms with Gasteiger partial charge in [0.2, 0.25) is 10.0 Å². The van der Waals surface area contributed by atoms with Crippen LogP contribution in [0.3, 0.4) is 0 Å². The molecule has 0 aliphatic rings. The molecule has 1 rings (SSSR count). The summed E-state index contributed by atoms with van der Waals surface area (Å²) in [6, 6.07) is 6.47. The van der Waals surface area contributed by atoms with Crippen molar-refractivity contribution in [3.63, 3.8) is 0 Å². The van der Waals surface area contributed by atoms with Crippen LogP contribution in [0.25, 0.3) is 0 Å². The lowest BCUT2D eigenvalue weighted by atomic mass is 10.1. The van der Waals surface area contributed by atoms with Gasteiger partial charge in [-0.25, -0.2) is 8.42 Å². The Balaban J connectivity index is 2.74. The lowest BCUT2D eigenvalue weighted by Gasteiger charge is -2.17. The highest BCUT2D eigenvalue weighted by Gasteiger charge is 2.13.